The van der Waals surface area contributed by atoms with E-state index in [4.69, 9.17) is 10.00 Å². The first-order valence-corrected chi connectivity index (χ1v) is 18.2. The molecule has 230 valence electrons. The fourth-order valence-corrected chi connectivity index (χ4v) is 8.91. The number of hydrogen-bond donors (Lipinski definition) is 2. The Morgan fingerprint density at radius 2 is 1.73 bits per heavy atom. The Hall–Kier alpha value is -3.68. The van der Waals surface area contributed by atoms with Crippen LogP contribution in [0.15, 0.2) is 72.8 Å². The van der Waals surface area contributed by atoms with E-state index >= 15 is 0 Å². The van der Waals surface area contributed by atoms with Crippen LogP contribution < -0.4 is 9.62 Å². The smallest absolute Gasteiger partial charge is 0.115 e. The second-order valence-electron chi connectivity index (χ2n) is 10.7. The number of unbranched alkanes of at least 4 members (excludes halogenated alkanes) is 2. The summed E-state index contributed by atoms with van der Waals surface area (Å²) < 4.78 is 50.4. The number of carbonyl (C=O) groups is 1. The Bertz CT molecular complexity index is 1670. The van der Waals surface area contributed by atoms with Crippen LogP contribution in [-0.4, -0.2) is 58.4 Å². The second kappa shape index (κ2) is 14.0. The van der Waals surface area contributed by atoms with E-state index in [0.29, 0.717) is 12.1 Å². The Morgan fingerprint density at radius 1 is 1.05 bits per heavy atom. The monoisotopic (exact) mass is 683 g/mol. The molecule has 0 radical (unpaired) electrons. The zero-order chi connectivity index (χ0) is 31.3. The molecule has 1 amide bonds. The molecule has 3 aromatic rings. The number of phenols is 1. The van der Waals surface area contributed by atoms with Crippen molar-refractivity contribution in [3.63, 3.8) is 0 Å². The summed E-state index contributed by atoms with van der Waals surface area (Å²) >= 11 is 0.0187. The Morgan fingerprint density at radius 3 is 2.41 bits per heavy atom. The van der Waals surface area contributed by atoms with Gasteiger partial charge in [-0.15, -0.1) is 0 Å². The molecule has 3 atom stereocenters. The van der Waals surface area contributed by atoms with E-state index in [1.54, 1.807) is 49.4 Å². The van der Waals surface area contributed by atoms with E-state index in [2.05, 4.69) is 10.3 Å². The molecule has 0 aromatic heterocycles. The van der Waals surface area contributed by atoms with E-state index in [9.17, 15) is 22.7 Å². The van der Waals surface area contributed by atoms with Gasteiger partial charge in [0, 0.05) is 6.54 Å². The van der Waals surface area contributed by atoms with Gasteiger partial charge in [0.15, 0.2) is 0 Å². The summed E-state index contributed by atoms with van der Waals surface area (Å²) in [7, 11) is -4.03. The SMILES string of the molecule is CCN(c1ccccc1F)S(=O)(=O)C1CC2OC1C(c1ccc(NC(=O)CCCCC[Se]C#N)cc1)=C2c1ccc(O)cc1. The van der Waals surface area contributed by atoms with Gasteiger partial charge in [-0.05, 0) is 48.7 Å². The van der Waals surface area contributed by atoms with Crippen molar-refractivity contribution in [1.82, 2.24) is 0 Å². The number of phenolic OH excluding ortho intramolecular Hbond substituents is 1. The number of amides is 1. The molecule has 5 rings (SSSR count). The topological polar surface area (TPSA) is 120 Å². The number of carbonyl (C=O) groups excluding carboxylic acids is 1. The molecule has 3 unspecified atom stereocenters. The minimum absolute atomic E-state index is 0.00477. The fraction of sp³-hybridized carbons (Fsp3) is 0.333. The van der Waals surface area contributed by atoms with Crippen molar-refractivity contribution in [2.24, 2.45) is 0 Å². The first-order valence-electron chi connectivity index (χ1n) is 14.6. The Balaban J connectivity index is 1.41. The molecule has 44 heavy (non-hydrogen) atoms. The zero-order valence-electron chi connectivity index (χ0n) is 24.3. The fourth-order valence-electron chi connectivity index (χ4n) is 5.94. The van der Waals surface area contributed by atoms with Crippen LogP contribution in [-0.2, 0) is 19.6 Å². The molecule has 0 aliphatic carbocycles. The van der Waals surface area contributed by atoms with E-state index in [0.717, 1.165) is 51.2 Å². The van der Waals surface area contributed by atoms with Crippen LogP contribution in [0.4, 0.5) is 15.8 Å². The molecule has 2 bridgehead atoms. The second-order valence-corrected chi connectivity index (χ2v) is 14.7. The summed E-state index contributed by atoms with van der Waals surface area (Å²) in [5.74, 6) is -0.582. The van der Waals surface area contributed by atoms with Crippen molar-refractivity contribution in [2.45, 2.75) is 61.8 Å². The minimum Gasteiger partial charge on any atom is -0.508 e. The molecule has 11 heteroatoms. The van der Waals surface area contributed by atoms with E-state index < -0.39 is 33.3 Å². The zero-order valence-corrected chi connectivity index (χ0v) is 26.8. The third-order valence-corrected chi connectivity index (χ3v) is 11.5. The quantitative estimate of drug-likeness (QED) is 0.170. The van der Waals surface area contributed by atoms with Gasteiger partial charge in [-0.25, -0.2) is 12.8 Å². The normalized spacial score (nSPS) is 19.2. The minimum atomic E-state index is -4.03. The molecular weight excluding hydrogens is 648 g/mol. The van der Waals surface area contributed by atoms with Gasteiger partial charge in [-0.1, -0.05) is 24.3 Å². The van der Waals surface area contributed by atoms with Gasteiger partial charge in [-0.2, -0.15) is 0 Å². The van der Waals surface area contributed by atoms with Crippen LogP contribution >= 0.6 is 0 Å². The molecule has 3 aromatic carbocycles. The number of anilines is 2. The summed E-state index contributed by atoms with van der Waals surface area (Å²) in [4.78, 5) is 14.7. The number of sulfonamides is 1. The number of benzene rings is 3. The number of para-hydroxylation sites is 1. The van der Waals surface area contributed by atoms with Crippen molar-refractivity contribution >= 4 is 53.4 Å². The predicted octanol–water partition coefficient (Wildman–Crippen LogP) is 5.94. The number of nitrogens with zero attached hydrogens (tertiary/aromatic N) is 2. The third kappa shape index (κ3) is 6.69. The molecule has 2 aliphatic heterocycles. The maximum absolute atomic E-state index is 14.7. The molecule has 1 fully saturated rings. The first-order chi connectivity index (χ1) is 21.2. The number of fused-ring (bicyclic) bond motifs is 2. The molecule has 8 nitrogen and oxygen atoms in total. The first kappa shape index (κ1) is 31.7. The van der Waals surface area contributed by atoms with Crippen LogP contribution in [0, 0.1) is 16.0 Å². The average molecular weight is 683 g/mol. The van der Waals surface area contributed by atoms with Gasteiger partial charge in [-0.3, -0.25) is 4.31 Å². The summed E-state index contributed by atoms with van der Waals surface area (Å²) in [6.45, 7) is 1.75. The molecule has 1 saturated heterocycles. The Labute approximate surface area is 263 Å². The van der Waals surface area contributed by atoms with Gasteiger partial charge in [0.2, 0.25) is 10.0 Å². The van der Waals surface area contributed by atoms with Gasteiger partial charge in [0.25, 0.3) is 0 Å². The van der Waals surface area contributed by atoms with Crippen LogP contribution in [0.2, 0.25) is 5.32 Å². The largest absolute Gasteiger partial charge is 0.508 e. The van der Waals surface area contributed by atoms with Crippen molar-refractivity contribution in [3.8, 4) is 10.7 Å². The van der Waals surface area contributed by atoms with Crippen LogP contribution in [0.5, 0.6) is 5.75 Å². The van der Waals surface area contributed by atoms with Crippen molar-refractivity contribution in [1.29, 1.82) is 5.26 Å². The van der Waals surface area contributed by atoms with Crippen LogP contribution in [0.25, 0.3) is 11.1 Å². The molecule has 0 saturated carbocycles. The van der Waals surface area contributed by atoms with Crippen molar-refractivity contribution < 1.29 is 27.4 Å². The van der Waals surface area contributed by atoms with E-state index in [1.807, 2.05) is 12.1 Å². The molecule has 2 N–H and O–H groups in total. The van der Waals surface area contributed by atoms with Crippen LogP contribution in [0.3, 0.4) is 0 Å². The molecule has 2 heterocycles. The number of halogens is 1. The number of nitriles is 1. The van der Waals surface area contributed by atoms with E-state index in [1.165, 1.54) is 18.2 Å². The summed E-state index contributed by atoms with van der Waals surface area (Å²) in [5.41, 5.74) is 3.78. The van der Waals surface area contributed by atoms with Crippen molar-refractivity contribution in [3.05, 3.63) is 89.7 Å². The summed E-state index contributed by atoms with van der Waals surface area (Å²) in [6, 6.07) is 19.8. The maximum atomic E-state index is 14.7. The molecule has 0 spiro atoms. The van der Waals surface area contributed by atoms with Crippen molar-refractivity contribution in [2.75, 3.05) is 16.2 Å². The number of aromatic hydroxyl groups is 1. The predicted molar refractivity (Wildman–Crippen MR) is 170 cm³/mol. The number of ether oxygens (including phenoxy) is 1. The summed E-state index contributed by atoms with van der Waals surface area (Å²) in [5, 5.41) is 21.4. The van der Waals surface area contributed by atoms with Crippen LogP contribution in [0.1, 0.15) is 50.2 Å². The number of nitrogens with one attached hydrogen (secondary N) is 1. The van der Waals surface area contributed by atoms with Gasteiger partial charge < -0.3 is 9.84 Å². The Kier molecular flexibility index (Phi) is 10.1. The number of rotatable bonds is 13. The molecular formula is C33H34FN3O5SSe. The van der Waals surface area contributed by atoms with Gasteiger partial charge in [0.05, 0.1) is 11.8 Å². The van der Waals surface area contributed by atoms with Gasteiger partial charge >= 0.3 is 113 Å². The average Bonchev–Trinajstić information content (AvgIpc) is 3.61. The number of hydrogen-bond acceptors (Lipinski definition) is 6. The van der Waals surface area contributed by atoms with E-state index in [-0.39, 0.29) is 45.3 Å². The third-order valence-electron chi connectivity index (χ3n) is 7.96. The summed E-state index contributed by atoms with van der Waals surface area (Å²) in [6.07, 6.45) is 1.92. The standard InChI is InChI=1S/C33H34FN3O5SSe/c1-2-37(27-9-6-5-8-26(27)34)43(40,41)29-20-28-31(22-13-17-25(38)18-14-22)32(33(29)42-28)23-11-15-24(16-12-23)36-30(39)10-4-3-7-19-44-21-35/h5-6,8-9,11-18,28-29,33,38H,2-4,7,10,19-20H2,1H3,(H,36,39). The maximum Gasteiger partial charge on any atom is 0.115 e. The van der Waals surface area contributed by atoms with Gasteiger partial charge in [0.1, 0.15) is 22.9 Å². The molecule has 2 aliphatic rings.